The minimum absolute atomic E-state index is 0.956. The van der Waals surface area contributed by atoms with Crippen LogP contribution in [0.4, 0.5) is 5.69 Å². The highest BCUT2D eigenvalue weighted by atomic mass is 32.1. The monoisotopic (exact) mass is 364 g/mol. The standard InChI is InChI=1S/C19H19NS.C2H5N.C2H4/c1-3-14(4-2)18-13-17(15-8-6-5-7-9-15)12-16-10-11-20(21)19(16)18;1-2-3;1-2/h3-9,12-13,21H,1,10-11H2,2H3;2H,1,3H2;1-2H2/b14-4+;;. The Morgan fingerprint density at radius 3 is 2.27 bits per heavy atom. The molecule has 3 rings (SSSR count). The molecule has 1 heterocycles. The average Bonchev–Trinajstić information content (AvgIpc) is 3.07. The third-order valence-corrected chi connectivity index (χ3v) is 4.39. The summed E-state index contributed by atoms with van der Waals surface area (Å²) in [6, 6.07) is 15.1. The van der Waals surface area contributed by atoms with E-state index in [-0.39, 0.29) is 0 Å². The summed E-state index contributed by atoms with van der Waals surface area (Å²) in [6.45, 7) is 16.1. The first-order valence-electron chi connectivity index (χ1n) is 8.46. The quantitative estimate of drug-likeness (QED) is 0.395. The van der Waals surface area contributed by atoms with Gasteiger partial charge in [-0.05, 0) is 53.9 Å². The molecule has 0 spiro atoms. The molecule has 0 saturated carbocycles. The van der Waals surface area contributed by atoms with Crippen LogP contribution in [0.25, 0.3) is 16.7 Å². The Morgan fingerprint density at radius 1 is 1.12 bits per heavy atom. The highest BCUT2D eigenvalue weighted by Gasteiger charge is 2.22. The number of benzene rings is 2. The number of allylic oxidation sites excluding steroid dienone is 3. The second-order valence-corrected chi connectivity index (χ2v) is 5.94. The van der Waals surface area contributed by atoms with Crippen molar-refractivity contribution in [2.75, 3.05) is 10.8 Å². The predicted octanol–water partition coefficient (Wildman–Crippen LogP) is 6.04. The Bertz CT molecular complexity index is 763. The third kappa shape index (κ3) is 4.93. The van der Waals surface area contributed by atoms with Gasteiger partial charge in [-0.3, -0.25) is 0 Å². The van der Waals surface area contributed by atoms with Crippen LogP contribution in [0.3, 0.4) is 0 Å². The molecule has 2 aromatic carbocycles. The van der Waals surface area contributed by atoms with Gasteiger partial charge in [0.2, 0.25) is 0 Å². The minimum Gasteiger partial charge on any atom is -0.405 e. The van der Waals surface area contributed by atoms with Crippen LogP contribution in [0.1, 0.15) is 18.1 Å². The van der Waals surface area contributed by atoms with Crippen LogP contribution in [0, 0.1) is 0 Å². The lowest BCUT2D eigenvalue weighted by molar-refractivity contribution is 1.06. The predicted molar refractivity (Wildman–Crippen MR) is 121 cm³/mol. The van der Waals surface area contributed by atoms with Crippen molar-refractivity contribution in [1.82, 2.24) is 0 Å². The maximum atomic E-state index is 4.61. The molecule has 3 heteroatoms. The lowest BCUT2D eigenvalue weighted by atomic mass is 9.94. The van der Waals surface area contributed by atoms with E-state index in [0.29, 0.717) is 0 Å². The van der Waals surface area contributed by atoms with Gasteiger partial charge < -0.3 is 10.0 Å². The van der Waals surface area contributed by atoms with E-state index in [0.717, 1.165) is 18.5 Å². The second kappa shape index (κ2) is 11.1. The Labute approximate surface area is 163 Å². The van der Waals surface area contributed by atoms with Crippen molar-refractivity contribution in [3.05, 3.63) is 98.3 Å². The highest BCUT2D eigenvalue weighted by Crippen LogP contribution is 2.40. The Balaban J connectivity index is 0.000000615. The summed E-state index contributed by atoms with van der Waals surface area (Å²) in [5, 5.41) is 0. The number of anilines is 1. The number of fused-ring (bicyclic) bond motifs is 1. The highest BCUT2D eigenvalue weighted by molar-refractivity contribution is 7.81. The van der Waals surface area contributed by atoms with E-state index in [1.807, 2.05) is 16.4 Å². The molecule has 1 aliphatic heterocycles. The van der Waals surface area contributed by atoms with E-state index >= 15 is 0 Å². The molecule has 2 N–H and O–H groups in total. The van der Waals surface area contributed by atoms with Crippen LogP contribution in [0.2, 0.25) is 0 Å². The maximum Gasteiger partial charge on any atom is 0.0578 e. The van der Waals surface area contributed by atoms with Crippen molar-refractivity contribution >= 4 is 24.1 Å². The Hall–Kier alpha value is -2.65. The average molecular weight is 365 g/mol. The SMILES string of the molecule is C=C.C=C/C(=C\C)c1cc(-c2ccccc2)cc2c1N(S)CC2.C=CN. The van der Waals surface area contributed by atoms with Crippen molar-refractivity contribution in [3.63, 3.8) is 0 Å². The van der Waals surface area contributed by atoms with Crippen molar-refractivity contribution in [2.45, 2.75) is 13.3 Å². The zero-order chi connectivity index (χ0) is 19.5. The van der Waals surface area contributed by atoms with Crippen LogP contribution < -0.4 is 10.0 Å². The van der Waals surface area contributed by atoms with Gasteiger partial charge in [0.15, 0.2) is 0 Å². The summed E-state index contributed by atoms with van der Waals surface area (Å²) in [5.74, 6) is 0. The van der Waals surface area contributed by atoms with Crippen LogP contribution >= 0.6 is 12.8 Å². The van der Waals surface area contributed by atoms with Gasteiger partial charge in [0, 0.05) is 12.1 Å². The molecular weight excluding hydrogens is 336 g/mol. The van der Waals surface area contributed by atoms with Gasteiger partial charge in [0.05, 0.1) is 5.69 Å². The summed E-state index contributed by atoms with van der Waals surface area (Å²) < 4.78 is 2.05. The molecular formula is C23H28N2S. The number of rotatable bonds is 3. The zero-order valence-corrected chi connectivity index (χ0v) is 16.4. The summed E-state index contributed by atoms with van der Waals surface area (Å²) in [6.07, 6.45) is 6.32. The first-order chi connectivity index (χ1) is 12.7. The first kappa shape index (κ1) is 21.4. The molecule has 0 atom stereocenters. The number of nitrogens with two attached hydrogens (primary N) is 1. The third-order valence-electron chi connectivity index (χ3n) is 3.99. The lowest BCUT2D eigenvalue weighted by Gasteiger charge is -2.18. The van der Waals surface area contributed by atoms with Gasteiger partial charge in [-0.15, -0.1) is 13.2 Å². The van der Waals surface area contributed by atoms with E-state index in [2.05, 4.69) is 94.3 Å². The van der Waals surface area contributed by atoms with E-state index in [1.165, 1.54) is 34.1 Å². The molecule has 0 radical (unpaired) electrons. The molecule has 0 amide bonds. The van der Waals surface area contributed by atoms with E-state index in [9.17, 15) is 0 Å². The van der Waals surface area contributed by atoms with Crippen molar-refractivity contribution < 1.29 is 0 Å². The zero-order valence-electron chi connectivity index (χ0n) is 15.5. The molecule has 2 nitrogen and oxygen atoms in total. The van der Waals surface area contributed by atoms with Gasteiger partial charge in [-0.25, -0.2) is 0 Å². The fourth-order valence-electron chi connectivity index (χ4n) is 2.93. The summed E-state index contributed by atoms with van der Waals surface area (Å²) >= 11 is 4.61. The molecule has 0 fully saturated rings. The van der Waals surface area contributed by atoms with E-state index in [4.69, 9.17) is 0 Å². The Morgan fingerprint density at radius 2 is 1.73 bits per heavy atom. The minimum atomic E-state index is 0.956. The van der Waals surface area contributed by atoms with Crippen molar-refractivity contribution in [3.8, 4) is 11.1 Å². The maximum absolute atomic E-state index is 4.61. The number of hydrogen-bond donors (Lipinski definition) is 2. The number of thiol groups is 1. The van der Waals surface area contributed by atoms with Gasteiger partial charge >= 0.3 is 0 Å². The summed E-state index contributed by atoms with van der Waals surface area (Å²) in [5.41, 5.74) is 12.1. The van der Waals surface area contributed by atoms with Gasteiger partial charge in [0.1, 0.15) is 0 Å². The summed E-state index contributed by atoms with van der Waals surface area (Å²) in [4.78, 5) is 0. The molecule has 1 aliphatic rings. The number of hydrogen-bond acceptors (Lipinski definition) is 3. The van der Waals surface area contributed by atoms with Crippen molar-refractivity contribution in [1.29, 1.82) is 0 Å². The molecule has 0 bridgehead atoms. The fraction of sp³-hybridized carbons (Fsp3) is 0.130. The van der Waals surface area contributed by atoms with Gasteiger partial charge in [-0.2, -0.15) is 0 Å². The van der Waals surface area contributed by atoms with Crippen molar-refractivity contribution in [2.24, 2.45) is 5.73 Å². The van der Waals surface area contributed by atoms with Gasteiger partial charge in [-0.1, -0.05) is 68.5 Å². The molecule has 0 saturated heterocycles. The Kier molecular flexibility index (Phi) is 9.10. The molecule has 136 valence electrons. The van der Waals surface area contributed by atoms with Gasteiger partial charge in [0.25, 0.3) is 0 Å². The van der Waals surface area contributed by atoms with Crippen LogP contribution in [0.15, 0.2) is 87.1 Å². The topological polar surface area (TPSA) is 29.3 Å². The van der Waals surface area contributed by atoms with Crippen LogP contribution in [-0.2, 0) is 6.42 Å². The van der Waals surface area contributed by atoms with E-state index < -0.39 is 0 Å². The normalized spacial score (nSPS) is 12.1. The molecule has 26 heavy (non-hydrogen) atoms. The first-order valence-corrected chi connectivity index (χ1v) is 8.86. The summed E-state index contributed by atoms with van der Waals surface area (Å²) in [7, 11) is 0. The second-order valence-electron chi connectivity index (χ2n) is 5.45. The molecule has 0 aliphatic carbocycles. The number of nitrogens with zero attached hydrogens (tertiary/aromatic N) is 1. The smallest absolute Gasteiger partial charge is 0.0578 e. The van der Waals surface area contributed by atoms with E-state index in [1.54, 1.807) is 0 Å². The molecule has 0 aromatic heterocycles. The largest absolute Gasteiger partial charge is 0.405 e. The fourth-order valence-corrected chi connectivity index (χ4v) is 3.26. The molecule has 0 unspecified atom stereocenters. The lowest BCUT2D eigenvalue weighted by Crippen LogP contribution is -2.06. The van der Waals surface area contributed by atoms with Crippen LogP contribution in [0.5, 0.6) is 0 Å². The molecule has 2 aromatic rings. The van der Waals surface area contributed by atoms with Crippen LogP contribution in [-0.4, -0.2) is 6.54 Å².